The second-order valence-electron chi connectivity index (χ2n) is 1.26. The predicted molar refractivity (Wildman–Crippen MR) is 51.4 cm³/mol. The molecule has 70 valence electrons. The Morgan fingerprint density at radius 3 is 1.15 bits per heavy atom. The Kier molecular flexibility index (Phi) is 20.9. The third-order valence-electron chi connectivity index (χ3n) is 0.411. The zero-order chi connectivity index (χ0) is 9.98. The zero-order valence-electron chi connectivity index (χ0n) is 6.48. The van der Waals surface area contributed by atoms with Crippen LogP contribution in [0.5, 0.6) is 0 Å². The minimum atomic E-state index is -0.938. The van der Waals surface area contributed by atoms with Crippen LogP contribution in [0, 0.1) is 0 Å². The third kappa shape index (κ3) is 33.3. The van der Waals surface area contributed by atoms with Gasteiger partial charge in [0.15, 0.2) is 0 Å². The van der Waals surface area contributed by atoms with E-state index in [1.54, 1.807) is 0 Å². The Morgan fingerprint density at radius 1 is 0.923 bits per heavy atom. The monoisotopic (exact) mass is 364 g/mol. The fraction of sp³-hybridized carbons (Fsp3) is 0. The van der Waals surface area contributed by atoms with Crippen molar-refractivity contribution in [2.24, 2.45) is 0 Å². The summed E-state index contributed by atoms with van der Waals surface area (Å²) in [4.78, 5) is 21.5. The summed E-state index contributed by atoms with van der Waals surface area (Å²) in [6, 6.07) is 0. The van der Waals surface area contributed by atoms with Crippen LogP contribution in [0.3, 0.4) is 0 Å². The van der Waals surface area contributed by atoms with Gasteiger partial charge in [0.25, 0.3) is 0 Å². The molecule has 0 aliphatic carbocycles. The molecule has 2 N–H and O–H groups in total. The van der Waals surface area contributed by atoms with Crippen molar-refractivity contribution >= 4 is 43.8 Å². The quantitative estimate of drug-likeness (QED) is 0.578. The molecule has 0 bridgehead atoms. The second kappa shape index (κ2) is 14.5. The molecule has 0 unspecified atom stereocenters. The molecule has 0 aliphatic rings. The minimum Gasteiger partial charge on any atom is -0.478 e. The molecule has 7 heteroatoms. The number of aliphatic carboxylic acids is 2. The van der Waals surface area contributed by atoms with Gasteiger partial charge < -0.3 is 10.2 Å². The Bertz CT molecular complexity index is 181. The van der Waals surface area contributed by atoms with Crippen molar-refractivity contribution in [3.63, 3.8) is 0 Å². The molecule has 0 aliphatic heterocycles. The first-order valence-electron chi connectivity index (χ1n) is 2.54. The molecular formula is C6H6Br2O4Zn. The fourth-order valence-corrected chi connectivity index (χ4v) is 0.560. The first-order valence-corrected chi connectivity index (χ1v) is 4.37. The van der Waals surface area contributed by atoms with Crippen molar-refractivity contribution in [2.75, 3.05) is 0 Å². The smallest absolute Gasteiger partial charge is 0.328 e. The second-order valence-corrected chi connectivity index (χ2v) is 2.32. The number of hydrogen-bond acceptors (Lipinski definition) is 2. The molecule has 0 atom stereocenters. The van der Waals surface area contributed by atoms with Gasteiger partial charge in [-0.25, -0.2) is 9.59 Å². The Labute approximate surface area is 105 Å². The van der Waals surface area contributed by atoms with Crippen molar-refractivity contribution in [1.29, 1.82) is 0 Å². The molecule has 0 spiro atoms. The van der Waals surface area contributed by atoms with Gasteiger partial charge >= 0.3 is 11.9 Å². The summed E-state index contributed by atoms with van der Waals surface area (Å²) in [5, 5.41) is 15.6. The van der Waals surface area contributed by atoms with E-state index in [9.17, 15) is 9.59 Å². The number of carboxylic acid groups (broad SMARTS) is 2. The zero-order valence-corrected chi connectivity index (χ0v) is 12.6. The summed E-state index contributed by atoms with van der Waals surface area (Å²) < 4.78 is 0. The Balaban J connectivity index is -0.000000143. The van der Waals surface area contributed by atoms with E-state index in [1.165, 1.54) is 9.97 Å². The first kappa shape index (κ1) is 18.7. The van der Waals surface area contributed by atoms with Gasteiger partial charge in [0.1, 0.15) is 0 Å². The predicted octanol–water partition coefficient (Wildman–Crippen LogP) is 1.96. The summed E-state index contributed by atoms with van der Waals surface area (Å²) in [6.45, 7) is 0. The summed E-state index contributed by atoms with van der Waals surface area (Å²) in [7, 11) is 0. The van der Waals surface area contributed by atoms with Crippen LogP contribution >= 0.6 is 31.9 Å². The van der Waals surface area contributed by atoms with Crippen LogP contribution in [0.1, 0.15) is 0 Å². The van der Waals surface area contributed by atoms with Crippen molar-refractivity contribution in [1.82, 2.24) is 0 Å². The first-order chi connectivity index (χ1) is 5.54. The normalized spacial score (nSPS) is 8.77. The third-order valence-corrected chi connectivity index (χ3v) is 0.940. The maximum absolute atomic E-state index is 9.48. The maximum Gasteiger partial charge on any atom is 0.328 e. The minimum absolute atomic E-state index is 0. The van der Waals surface area contributed by atoms with E-state index < -0.39 is 11.9 Å². The van der Waals surface area contributed by atoms with Gasteiger partial charge in [-0.15, -0.1) is 0 Å². The largest absolute Gasteiger partial charge is 0.478 e. The average molecular weight is 367 g/mol. The Hall–Kier alpha value is 0.00338. The van der Waals surface area contributed by atoms with E-state index in [4.69, 9.17) is 10.2 Å². The van der Waals surface area contributed by atoms with Gasteiger partial charge in [0, 0.05) is 31.6 Å². The van der Waals surface area contributed by atoms with Gasteiger partial charge in [-0.3, -0.25) is 0 Å². The molecule has 0 saturated carbocycles. The summed E-state index contributed by atoms with van der Waals surface area (Å²) >= 11 is 5.58. The number of carbonyl (C=O) groups is 2. The average Bonchev–Trinajstić information content (AvgIpc) is 1.87. The van der Waals surface area contributed by atoms with Gasteiger partial charge in [-0.05, 0) is 9.97 Å². The number of carboxylic acids is 2. The van der Waals surface area contributed by atoms with E-state index in [1.807, 2.05) is 0 Å². The van der Waals surface area contributed by atoms with Crippen molar-refractivity contribution in [2.45, 2.75) is 0 Å². The van der Waals surface area contributed by atoms with Crippen LogP contribution in [0.4, 0.5) is 0 Å². The molecule has 0 aromatic carbocycles. The molecule has 0 fully saturated rings. The molecule has 0 saturated heterocycles. The van der Waals surface area contributed by atoms with Crippen LogP contribution in [0.15, 0.2) is 22.1 Å². The molecule has 13 heavy (non-hydrogen) atoms. The Morgan fingerprint density at radius 2 is 1.15 bits per heavy atom. The number of halogens is 2. The van der Waals surface area contributed by atoms with Crippen LogP contribution < -0.4 is 0 Å². The van der Waals surface area contributed by atoms with Gasteiger partial charge in [-0.2, -0.15) is 0 Å². The van der Waals surface area contributed by atoms with E-state index >= 15 is 0 Å². The fourth-order valence-electron chi connectivity index (χ4n) is 0.108. The molecule has 4 nitrogen and oxygen atoms in total. The summed E-state index contributed by atoms with van der Waals surface area (Å²) in [6.07, 6.45) is 2.00. The number of hydrogen-bond donors (Lipinski definition) is 2. The van der Waals surface area contributed by atoms with Gasteiger partial charge in [0.2, 0.25) is 0 Å². The van der Waals surface area contributed by atoms with Gasteiger partial charge in [-0.1, -0.05) is 31.9 Å². The SMILES string of the molecule is O=C(O)C=CBr.O=C(O)C=CBr.[Zn]. The van der Waals surface area contributed by atoms with E-state index in [2.05, 4.69) is 31.9 Å². The van der Waals surface area contributed by atoms with Crippen molar-refractivity contribution < 1.29 is 39.3 Å². The number of rotatable bonds is 2. The molecule has 0 heterocycles. The summed E-state index contributed by atoms with van der Waals surface area (Å²) in [5.74, 6) is -1.88. The van der Waals surface area contributed by atoms with Crippen molar-refractivity contribution in [3.05, 3.63) is 22.1 Å². The van der Waals surface area contributed by atoms with E-state index in [0.717, 1.165) is 12.2 Å². The summed E-state index contributed by atoms with van der Waals surface area (Å²) in [5.41, 5.74) is 0. The van der Waals surface area contributed by atoms with Crippen LogP contribution in [0.25, 0.3) is 0 Å². The molecule has 0 aromatic heterocycles. The molecule has 0 radical (unpaired) electrons. The topological polar surface area (TPSA) is 74.6 Å². The molecular weight excluding hydrogens is 361 g/mol. The molecule has 0 aromatic rings. The molecule has 0 rings (SSSR count). The standard InChI is InChI=1S/2C3H3BrO2.Zn/c2*4-2-1-3(5)6;/h2*1-2H,(H,5,6);. The van der Waals surface area contributed by atoms with Crippen molar-refractivity contribution in [3.8, 4) is 0 Å². The van der Waals surface area contributed by atoms with Crippen LogP contribution in [-0.2, 0) is 29.1 Å². The maximum atomic E-state index is 9.48. The van der Waals surface area contributed by atoms with E-state index in [0.29, 0.717) is 0 Å². The molecule has 0 amide bonds. The van der Waals surface area contributed by atoms with Crippen LogP contribution in [-0.4, -0.2) is 22.2 Å². The van der Waals surface area contributed by atoms with E-state index in [-0.39, 0.29) is 19.5 Å². The van der Waals surface area contributed by atoms with Crippen LogP contribution in [0.2, 0.25) is 0 Å². The van der Waals surface area contributed by atoms with Gasteiger partial charge in [0.05, 0.1) is 0 Å².